The van der Waals surface area contributed by atoms with Gasteiger partial charge in [0, 0.05) is 18.7 Å². The second kappa shape index (κ2) is 7.77. The van der Waals surface area contributed by atoms with Crippen LogP contribution in [0.4, 0.5) is 10.5 Å². The summed E-state index contributed by atoms with van der Waals surface area (Å²) in [5.41, 5.74) is 0.171. The Hall–Kier alpha value is -2.90. The number of urea groups is 1. The molecule has 1 saturated heterocycles. The molecule has 144 valence electrons. The molecular weight excluding hydrogens is 350 g/mol. The zero-order chi connectivity index (χ0) is 19.4. The van der Waals surface area contributed by atoms with Gasteiger partial charge in [-0.2, -0.15) is 0 Å². The van der Waals surface area contributed by atoms with E-state index in [4.69, 9.17) is 4.74 Å². The molecule has 1 aliphatic carbocycles. The van der Waals surface area contributed by atoms with E-state index in [0.29, 0.717) is 30.7 Å². The first-order valence-electron chi connectivity index (χ1n) is 9.16. The second-order valence-electron chi connectivity index (χ2n) is 6.77. The molecule has 3 rings (SSSR count). The molecule has 8 heteroatoms. The minimum absolute atomic E-state index is 0.00880. The molecule has 0 aromatic heterocycles. The Bertz CT molecular complexity index is 753. The highest BCUT2D eigenvalue weighted by Crippen LogP contribution is 2.35. The molecule has 0 unspecified atom stereocenters. The molecule has 0 bridgehead atoms. The van der Waals surface area contributed by atoms with E-state index in [-0.39, 0.29) is 24.8 Å². The largest absolute Gasteiger partial charge is 0.462 e. The SMILES string of the molecule is CCOC(=O)c1ccc(NC(=O)CCN2C(=O)NC3(CCCC3)C2=O)cc1. The van der Waals surface area contributed by atoms with Gasteiger partial charge in [0.1, 0.15) is 5.54 Å². The molecule has 1 spiro atoms. The monoisotopic (exact) mass is 373 g/mol. The van der Waals surface area contributed by atoms with Gasteiger partial charge in [0.25, 0.3) is 5.91 Å². The van der Waals surface area contributed by atoms with Crippen molar-refractivity contribution in [2.45, 2.75) is 44.6 Å². The van der Waals surface area contributed by atoms with Crippen LogP contribution in [0.3, 0.4) is 0 Å². The third-order valence-corrected chi connectivity index (χ3v) is 4.95. The first kappa shape index (κ1) is 18.9. The maximum Gasteiger partial charge on any atom is 0.338 e. The molecule has 0 atom stereocenters. The topological polar surface area (TPSA) is 105 Å². The first-order valence-corrected chi connectivity index (χ1v) is 9.16. The lowest BCUT2D eigenvalue weighted by Gasteiger charge is -2.19. The number of nitrogens with one attached hydrogen (secondary N) is 2. The summed E-state index contributed by atoms with van der Waals surface area (Å²) in [6, 6.07) is 5.91. The lowest BCUT2D eigenvalue weighted by Crippen LogP contribution is -2.44. The number of esters is 1. The maximum atomic E-state index is 12.5. The van der Waals surface area contributed by atoms with Crippen LogP contribution in [-0.4, -0.2) is 47.4 Å². The number of hydrogen-bond donors (Lipinski definition) is 2. The van der Waals surface area contributed by atoms with E-state index in [2.05, 4.69) is 10.6 Å². The molecule has 8 nitrogen and oxygen atoms in total. The van der Waals surface area contributed by atoms with Crippen molar-refractivity contribution in [3.8, 4) is 0 Å². The Kier molecular flexibility index (Phi) is 5.43. The van der Waals surface area contributed by atoms with E-state index in [1.165, 1.54) is 0 Å². The summed E-state index contributed by atoms with van der Waals surface area (Å²) in [5, 5.41) is 5.49. The highest BCUT2D eigenvalue weighted by atomic mass is 16.5. The number of ether oxygens (including phenoxy) is 1. The van der Waals surface area contributed by atoms with E-state index in [1.807, 2.05) is 0 Å². The van der Waals surface area contributed by atoms with Crippen molar-refractivity contribution in [2.75, 3.05) is 18.5 Å². The minimum atomic E-state index is -0.753. The van der Waals surface area contributed by atoms with Gasteiger partial charge in [-0.25, -0.2) is 9.59 Å². The van der Waals surface area contributed by atoms with Crippen LogP contribution in [0.5, 0.6) is 0 Å². The summed E-state index contributed by atoms with van der Waals surface area (Å²) >= 11 is 0. The lowest BCUT2D eigenvalue weighted by molar-refractivity contribution is -0.131. The van der Waals surface area contributed by atoms with Crippen molar-refractivity contribution < 1.29 is 23.9 Å². The third-order valence-electron chi connectivity index (χ3n) is 4.95. The van der Waals surface area contributed by atoms with Crippen LogP contribution in [-0.2, 0) is 14.3 Å². The molecule has 2 aliphatic rings. The van der Waals surface area contributed by atoms with Crippen molar-refractivity contribution >= 4 is 29.5 Å². The zero-order valence-corrected chi connectivity index (χ0v) is 15.2. The summed E-state index contributed by atoms with van der Waals surface area (Å²) in [6.07, 6.45) is 3.17. The summed E-state index contributed by atoms with van der Waals surface area (Å²) in [7, 11) is 0. The van der Waals surface area contributed by atoms with Gasteiger partial charge in [-0.3, -0.25) is 14.5 Å². The van der Waals surface area contributed by atoms with Crippen LogP contribution in [0.2, 0.25) is 0 Å². The number of benzene rings is 1. The normalized spacial score (nSPS) is 17.9. The molecule has 0 radical (unpaired) electrons. The lowest BCUT2D eigenvalue weighted by atomic mass is 9.98. The zero-order valence-electron chi connectivity index (χ0n) is 15.2. The van der Waals surface area contributed by atoms with Crippen molar-refractivity contribution in [1.29, 1.82) is 0 Å². The number of hydrogen-bond acceptors (Lipinski definition) is 5. The Labute approximate surface area is 157 Å². The summed E-state index contributed by atoms with van der Waals surface area (Å²) < 4.78 is 4.90. The van der Waals surface area contributed by atoms with Gasteiger partial charge < -0.3 is 15.4 Å². The van der Waals surface area contributed by atoms with Crippen molar-refractivity contribution in [3.63, 3.8) is 0 Å². The van der Waals surface area contributed by atoms with E-state index in [9.17, 15) is 19.2 Å². The highest BCUT2D eigenvalue weighted by molar-refractivity contribution is 6.07. The Morgan fingerprint density at radius 3 is 2.48 bits per heavy atom. The van der Waals surface area contributed by atoms with Crippen molar-refractivity contribution in [3.05, 3.63) is 29.8 Å². The number of nitrogens with zero attached hydrogens (tertiary/aromatic N) is 1. The molecule has 2 N–H and O–H groups in total. The molecule has 2 fully saturated rings. The van der Waals surface area contributed by atoms with Crippen LogP contribution in [0.15, 0.2) is 24.3 Å². The molecule has 1 aliphatic heterocycles. The van der Waals surface area contributed by atoms with Gasteiger partial charge >= 0.3 is 12.0 Å². The molecule has 1 aromatic carbocycles. The fourth-order valence-corrected chi connectivity index (χ4v) is 3.54. The molecule has 1 aromatic rings. The average Bonchev–Trinajstić information content (AvgIpc) is 3.20. The summed E-state index contributed by atoms with van der Waals surface area (Å²) in [4.78, 5) is 49.5. The van der Waals surface area contributed by atoms with E-state index in [1.54, 1.807) is 31.2 Å². The van der Waals surface area contributed by atoms with Gasteiger partial charge in [0.05, 0.1) is 12.2 Å². The Balaban J connectivity index is 1.52. The van der Waals surface area contributed by atoms with Crippen LogP contribution in [0, 0.1) is 0 Å². The van der Waals surface area contributed by atoms with Crippen LogP contribution >= 0.6 is 0 Å². The first-order chi connectivity index (χ1) is 12.9. The number of rotatable bonds is 6. The van der Waals surface area contributed by atoms with Gasteiger partial charge in [-0.15, -0.1) is 0 Å². The van der Waals surface area contributed by atoms with E-state index < -0.39 is 17.5 Å². The van der Waals surface area contributed by atoms with Crippen LogP contribution in [0.1, 0.15) is 49.4 Å². The third kappa shape index (κ3) is 3.94. The van der Waals surface area contributed by atoms with Crippen LogP contribution in [0.25, 0.3) is 0 Å². The number of imide groups is 1. The van der Waals surface area contributed by atoms with Crippen molar-refractivity contribution in [1.82, 2.24) is 10.2 Å². The Morgan fingerprint density at radius 1 is 1.19 bits per heavy atom. The number of amides is 4. The molecule has 1 saturated carbocycles. The second-order valence-corrected chi connectivity index (χ2v) is 6.77. The van der Waals surface area contributed by atoms with Gasteiger partial charge in [-0.05, 0) is 44.0 Å². The number of anilines is 1. The van der Waals surface area contributed by atoms with Crippen LogP contribution < -0.4 is 10.6 Å². The maximum absolute atomic E-state index is 12.5. The van der Waals surface area contributed by atoms with E-state index in [0.717, 1.165) is 17.7 Å². The quantitative estimate of drug-likeness (QED) is 0.587. The highest BCUT2D eigenvalue weighted by Gasteiger charge is 2.52. The number of carbonyl (C=O) groups is 4. The Morgan fingerprint density at radius 2 is 1.85 bits per heavy atom. The van der Waals surface area contributed by atoms with Gasteiger partial charge in [-0.1, -0.05) is 12.8 Å². The molecular formula is C19H23N3O5. The van der Waals surface area contributed by atoms with Gasteiger partial charge in [0.15, 0.2) is 0 Å². The summed E-state index contributed by atoms with van der Waals surface area (Å²) in [6.45, 7) is 2.06. The predicted molar refractivity (Wildman–Crippen MR) is 97.1 cm³/mol. The van der Waals surface area contributed by atoms with Gasteiger partial charge in [0.2, 0.25) is 5.91 Å². The molecule has 27 heavy (non-hydrogen) atoms. The fourth-order valence-electron chi connectivity index (χ4n) is 3.54. The predicted octanol–water partition coefficient (Wildman–Crippen LogP) is 2.06. The molecule has 4 amide bonds. The number of carbonyl (C=O) groups excluding carboxylic acids is 4. The summed E-state index contributed by atoms with van der Waals surface area (Å²) in [5.74, 6) is -0.960. The fraction of sp³-hybridized carbons (Fsp3) is 0.474. The van der Waals surface area contributed by atoms with E-state index >= 15 is 0 Å². The standard InChI is InChI=1S/C19H23N3O5/c1-2-27-16(24)13-5-7-14(8-6-13)20-15(23)9-12-22-17(25)19(21-18(22)26)10-3-4-11-19/h5-8H,2-4,9-12H2,1H3,(H,20,23)(H,21,26). The average molecular weight is 373 g/mol. The molecule has 1 heterocycles. The minimum Gasteiger partial charge on any atom is -0.462 e. The smallest absolute Gasteiger partial charge is 0.338 e. The van der Waals surface area contributed by atoms with Crippen molar-refractivity contribution in [2.24, 2.45) is 0 Å².